The first kappa shape index (κ1) is 18.7. The van der Waals surface area contributed by atoms with Crippen LogP contribution in [0, 0.1) is 0 Å². The van der Waals surface area contributed by atoms with Gasteiger partial charge in [-0.1, -0.05) is 0 Å². The number of carbonyl (C=O) groups is 1. The van der Waals surface area contributed by atoms with Gasteiger partial charge in [-0.15, -0.1) is 0 Å². The van der Waals surface area contributed by atoms with Gasteiger partial charge in [-0.25, -0.2) is 4.79 Å². The van der Waals surface area contributed by atoms with Gasteiger partial charge in [0.2, 0.25) is 0 Å². The molecule has 0 spiro atoms. The van der Waals surface area contributed by atoms with Crippen LogP contribution >= 0.6 is 0 Å². The molecule has 2 bridgehead atoms. The first-order chi connectivity index (χ1) is 13.5. The van der Waals surface area contributed by atoms with Gasteiger partial charge in [0.15, 0.2) is 17.6 Å². The Morgan fingerprint density at radius 2 is 1.86 bits per heavy atom. The van der Waals surface area contributed by atoms with E-state index >= 15 is 0 Å². The quantitative estimate of drug-likeness (QED) is 0.399. The monoisotopic (exact) mass is 427 g/mol. The summed E-state index contributed by atoms with van der Waals surface area (Å²) in [6.07, 6.45) is 1.88. The molecule has 4 aliphatic heterocycles. The Morgan fingerprint density at radius 1 is 1.11 bits per heavy atom. The maximum absolute atomic E-state index is 12.2. The number of hydrogen-bond acceptors (Lipinski definition) is 7. The maximum atomic E-state index is 12.2. The third-order valence-corrected chi connectivity index (χ3v) is 10.1. The molecule has 28 heavy (non-hydrogen) atoms. The SMILES string of the molecule is O=C(COc1ccc([S+]2CCCCC2)cc1)OC1C2CC3C(O2)C1OS3(=O)=O. The van der Waals surface area contributed by atoms with Gasteiger partial charge < -0.3 is 14.2 Å². The molecule has 152 valence electrons. The van der Waals surface area contributed by atoms with Gasteiger partial charge in [0.1, 0.15) is 34.7 Å². The molecule has 0 N–H and O–H groups in total. The zero-order chi connectivity index (χ0) is 19.3. The second kappa shape index (κ2) is 7.19. The Balaban J connectivity index is 1.14. The molecular weight excluding hydrogens is 404 g/mol. The van der Waals surface area contributed by atoms with Gasteiger partial charge in [0, 0.05) is 10.9 Å². The van der Waals surface area contributed by atoms with Gasteiger partial charge in [-0.05, 0) is 49.9 Å². The highest BCUT2D eigenvalue weighted by atomic mass is 32.2. The van der Waals surface area contributed by atoms with Crippen LogP contribution < -0.4 is 4.74 Å². The van der Waals surface area contributed by atoms with Crippen molar-refractivity contribution in [1.29, 1.82) is 0 Å². The van der Waals surface area contributed by atoms with Crippen molar-refractivity contribution in [3.05, 3.63) is 24.3 Å². The summed E-state index contributed by atoms with van der Waals surface area (Å²) >= 11 is 0. The molecule has 7 nitrogen and oxygen atoms in total. The molecule has 5 rings (SSSR count). The lowest BCUT2D eigenvalue weighted by atomic mass is 9.94. The van der Waals surface area contributed by atoms with Crippen molar-refractivity contribution in [1.82, 2.24) is 0 Å². The van der Waals surface area contributed by atoms with E-state index in [4.69, 9.17) is 18.4 Å². The van der Waals surface area contributed by atoms with Crippen molar-refractivity contribution in [2.45, 2.75) is 60.2 Å². The summed E-state index contributed by atoms with van der Waals surface area (Å²) in [5.74, 6) is 2.59. The zero-order valence-corrected chi connectivity index (χ0v) is 17.0. The van der Waals surface area contributed by atoms with Gasteiger partial charge >= 0.3 is 5.97 Å². The van der Waals surface area contributed by atoms with E-state index in [0.717, 1.165) is 0 Å². The normalized spacial score (nSPS) is 35.8. The first-order valence-electron chi connectivity index (χ1n) is 9.69. The summed E-state index contributed by atoms with van der Waals surface area (Å²) in [5, 5.41) is -0.628. The molecule has 0 aromatic heterocycles. The Hall–Kier alpha value is -1.29. The molecule has 1 aromatic carbocycles. The Kier molecular flexibility index (Phi) is 4.81. The van der Waals surface area contributed by atoms with Crippen molar-refractivity contribution in [3.8, 4) is 5.75 Å². The second-order valence-electron chi connectivity index (χ2n) is 7.64. The van der Waals surface area contributed by atoms with E-state index in [9.17, 15) is 13.2 Å². The van der Waals surface area contributed by atoms with Crippen molar-refractivity contribution in [2.24, 2.45) is 0 Å². The van der Waals surface area contributed by atoms with Gasteiger partial charge in [0.25, 0.3) is 10.1 Å². The zero-order valence-electron chi connectivity index (χ0n) is 15.3. The van der Waals surface area contributed by atoms with Crippen molar-refractivity contribution >= 4 is 27.0 Å². The molecule has 5 atom stereocenters. The van der Waals surface area contributed by atoms with Crippen molar-refractivity contribution in [2.75, 3.05) is 18.1 Å². The fourth-order valence-corrected chi connectivity index (χ4v) is 8.44. The Bertz CT molecular complexity index is 848. The molecule has 4 heterocycles. The number of hydrogen-bond donors (Lipinski definition) is 0. The standard InChI is InChI=1S/C19H23O7S2/c20-16(25-17-14-10-15-18(24-14)19(17)26-28(15,21)22)11-23-12-4-6-13(7-5-12)27-8-2-1-3-9-27/h4-7,14-15,17-19H,1-3,8-11H2/q+1. The predicted octanol–water partition coefficient (Wildman–Crippen LogP) is 1.41. The van der Waals surface area contributed by atoms with Crippen LogP contribution in [0.1, 0.15) is 25.7 Å². The smallest absolute Gasteiger partial charge is 0.344 e. The average Bonchev–Trinajstić information content (AvgIpc) is 3.32. The molecule has 4 saturated heterocycles. The summed E-state index contributed by atoms with van der Waals surface area (Å²) in [6, 6.07) is 7.94. The molecule has 0 amide bonds. The van der Waals surface area contributed by atoms with Gasteiger partial charge in [0.05, 0.1) is 6.10 Å². The van der Waals surface area contributed by atoms with Crippen LogP contribution in [0.25, 0.3) is 0 Å². The molecule has 4 aliphatic rings. The molecular formula is C19H23O7S2+. The summed E-state index contributed by atoms with van der Waals surface area (Å²) < 4.78 is 45.5. The number of esters is 1. The van der Waals surface area contributed by atoms with Crippen LogP contribution in [-0.2, 0) is 39.5 Å². The third-order valence-electron chi connectivity index (χ3n) is 5.86. The molecule has 0 radical (unpaired) electrons. The summed E-state index contributed by atoms with van der Waals surface area (Å²) in [7, 11) is -3.28. The molecule has 4 fully saturated rings. The fraction of sp³-hybridized carbons (Fsp3) is 0.632. The number of fused-ring (bicyclic) bond motifs is 1. The minimum atomic E-state index is -3.62. The van der Waals surface area contributed by atoms with Gasteiger partial charge in [-0.3, -0.25) is 4.18 Å². The summed E-state index contributed by atoms with van der Waals surface area (Å²) in [4.78, 5) is 13.5. The van der Waals surface area contributed by atoms with Crippen LogP contribution in [0.5, 0.6) is 5.75 Å². The Morgan fingerprint density at radius 3 is 2.61 bits per heavy atom. The summed E-state index contributed by atoms with van der Waals surface area (Å²) in [5.41, 5.74) is 0. The predicted molar refractivity (Wildman–Crippen MR) is 102 cm³/mol. The van der Waals surface area contributed by atoms with E-state index in [0.29, 0.717) is 23.1 Å². The lowest BCUT2D eigenvalue weighted by molar-refractivity contribution is -0.157. The van der Waals surface area contributed by atoms with E-state index in [1.54, 1.807) is 0 Å². The van der Waals surface area contributed by atoms with Crippen molar-refractivity contribution < 1.29 is 31.6 Å². The van der Waals surface area contributed by atoms with Crippen LogP contribution in [0.2, 0.25) is 0 Å². The minimum absolute atomic E-state index is 0.234. The first-order valence-corrected chi connectivity index (χ1v) is 12.7. The van der Waals surface area contributed by atoms with E-state index in [2.05, 4.69) is 12.1 Å². The van der Waals surface area contributed by atoms with Gasteiger partial charge in [-0.2, -0.15) is 8.42 Å². The Labute approximate surface area is 167 Å². The van der Waals surface area contributed by atoms with Crippen LogP contribution in [0.15, 0.2) is 29.2 Å². The van der Waals surface area contributed by atoms with E-state index < -0.39 is 45.8 Å². The van der Waals surface area contributed by atoms with Crippen LogP contribution in [0.3, 0.4) is 0 Å². The number of rotatable bonds is 5. The number of ether oxygens (including phenoxy) is 3. The van der Waals surface area contributed by atoms with Crippen LogP contribution in [0.4, 0.5) is 0 Å². The lowest BCUT2D eigenvalue weighted by Crippen LogP contribution is -2.42. The highest BCUT2D eigenvalue weighted by Gasteiger charge is 2.67. The van der Waals surface area contributed by atoms with Crippen LogP contribution in [-0.4, -0.2) is 62.2 Å². The van der Waals surface area contributed by atoms with Crippen molar-refractivity contribution in [3.63, 3.8) is 0 Å². The maximum Gasteiger partial charge on any atom is 0.344 e. The average molecular weight is 428 g/mol. The highest BCUT2D eigenvalue weighted by Crippen LogP contribution is 2.47. The van der Waals surface area contributed by atoms with E-state index in [1.165, 1.54) is 35.7 Å². The third kappa shape index (κ3) is 3.32. The fourth-order valence-electron chi connectivity index (χ4n) is 4.49. The molecule has 1 aromatic rings. The second-order valence-corrected chi connectivity index (χ2v) is 11.7. The molecule has 9 heteroatoms. The molecule has 5 unspecified atom stereocenters. The molecule has 0 aliphatic carbocycles. The van der Waals surface area contributed by atoms with E-state index in [1.807, 2.05) is 12.1 Å². The highest BCUT2D eigenvalue weighted by molar-refractivity contribution is 7.96. The number of benzene rings is 1. The molecule has 0 saturated carbocycles. The summed E-state index contributed by atoms with van der Waals surface area (Å²) in [6.45, 7) is -0.234. The minimum Gasteiger partial charge on any atom is -0.482 e. The number of carbonyl (C=O) groups excluding carboxylic acids is 1. The van der Waals surface area contributed by atoms with E-state index in [-0.39, 0.29) is 6.61 Å². The largest absolute Gasteiger partial charge is 0.482 e. The lowest BCUT2D eigenvalue weighted by Gasteiger charge is -2.21. The topological polar surface area (TPSA) is 88.1 Å².